The molecule has 0 unspecified atom stereocenters. The molecule has 1 aliphatic rings. The number of piperazine rings is 1. The lowest BCUT2D eigenvalue weighted by Gasteiger charge is -2.35. The van der Waals surface area contributed by atoms with E-state index in [1.54, 1.807) is 6.07 Å². The van der Waals surface area contributed by atoms with Gasteiger partial charge in [0.15, 0.2) is 0 Å². The smallest absolute Gasteiger partial charge is 0.336 e. The molecule has 4 nitrogen and oxygen atoms in total. The molecule has 10 heteroatoms. The van der Waals surface area contributed by atoms with Crippen LogP contribution in [-0.2, 0) is 12.7 Å². The predicted octanol–water partition coefficient (Wildman–Crippen LogP) is 4.56. The van der Waals surface area contributed by atoms with Crippen molar-refractivity contribution in [2.45, 2.75) is 22.0 Å². The van der Waals surface area contributed by atoms with Crippen LogP contribution in [-0.4, -0.2) is 58.8 Å². The van der Waals surface area contributed by atoms with Crippen LogP contribution in [0.25, 0.3) is 0 Å². The van der Waals surface area contributed by atoms with Crippen molar-refractivity contribution in [1.29, 1.82) is 0 Å². The number of amides is 1. The number of rotatable bonds is 5. The molecule has 1 aromatic heterocycles. The third kappa shape index (κ3) is 4.84. The number of carbonyl (C=O) groups is 1. The average Bonchev–Trinajstić information content (AvgIpc) is 3.10. The minimum atomic E-state index is -4.33. The van der Waals surface area contributed by atoms with Crippen molar-refractivity contribution in [3.8, 4) is 0 Å². The van der Waals surface area contributed by atoms with Gasteiger partial charge in [-0.3, -0.25) is 9.69 Å². The molecule has 0 radical (unpaired) electrons. The number of hydrogen-bond donors (Lipinski definition) is 0. The van der Waals surface area contributed by atoms with Crippen molar-refractivity contribution in [3.63, 3.8) is 0 Å². The van der Waals surface area contributed by atoms with Crippen LogP contribution < -0.4 is 0 Å². The molecule has 2 aromatic rings. The van der Waals surface area contributed by atoms with Gasteiger partial charge in [0, 0.05) is 32.7 Å². The van der Waals surface area contributed by atoms with E-state index in [0.29, 0.717) is 43.9 Å². The van der Waals surface area contributed by atoms with Crippen molar-refractivity contribution in [2.24, 2.45) is 0 Å². The van der Waals surface area contributed by atoms with Gasteiger partial charge < -0.3 is 4.90 Å². The fourth-order valence-electron chi connectivity index (χ4n) is 3.09. The maximum Gasteiger partial charge on any atom is 0.416 e. The second kappa shape index (κ2) is 9.06. The van der Waals surface area contributed by atoms with Gasteiger partial charge in [0.1, 0.15) is 5.03 Å². The van der Waals surface area contributed by atoms with E-state index in [-0.39, 0.29) is 5.91 Å². The standard InChI is InChI=1S/C18H20F3N3OS3/c1-26-15-14(17(27-2)28-22-15)16(25)24-8-6-23(7-9-24)11-12-4-3-5-13(10-12)18(19,20)21/h3-5,10H,6-9,11H2,1-2H3. The highest BCUT2D eigenvalue weighted by atomic mass is 32.2. The zero-order valence-corrected chi connectivity index (χ0v) is 17.9. The van der Waals surface area contributed by atoms with Gasteiger partial charge in [-0.05, 0) is 35.7 Å². The number of carbonyl (C=O) groups excluding carboxylic acids is 1. The fraction of sp³-hybridized carbons (Fsp3) is 0.444. The number of nitrogens with zero attached hydrogens (tertiary/aromatic N) is 3. The molecule has 152 valence electrons. The number of benzene rings is 1. The maximum atomic E-state index is 13.0. The number of halogens is 3. The molecule has 28 heavy (non-hydrogen) atoms. The first kappa shape index (κ1) is 21.5. The monoisotopic (exact) mass is 447 g/mol. The molecular weight excluding hydrogens is 427 g/mol. The van der Waals surface area contributed by atoms with Crippen LogP contribution in [0.5, 0.6) is 0 Å². The lowest BCUT2D eigenvalue weighted by atomic mass is 10.1. The van der Waals surface area contributed by atoms with Crippen LogP contribution >= 0.6 is 35.1 Å². The van der Waals surface area contributed by atoms with Gasteiger partial charge in [-0.2, -0.15) is 17.5 Å². The number of thioether (sulfide) groups is 2. The molecule has 0 bridgehead atoms. The van der Waals surface area contributed by atoms with Crippen LogP contribution in [0.2, 0.25) is 0 Å². The van der Waals surface area contributed by atoms with E-state index < -0.39 is 11.7 Å². The fourth-order valence-corrected chi connectivity index (χ4v) is 5.35. The summed E-state index contributed by atoms with van der Waals surface area (Å²) < 4.78 is 43.9. The van der Waals surface area contributed by atoms with E-state index >= 15 is 0 Å². The Hall–Kier alpha value is -1.23. The third-order valence-electron chi connectivity index (χ3n) is 4.54. The predicted molar refractivity (Wildman–Crippen MR) is 108 cm³/mol. The quantitative estimate of drug-likeness (QED) is 0.628. The first-order chi connectivity index (χ1) is 13.3. The second-order valence-electron chi connectivity index (χ2n) is 6.32. The van der Waals surface area contributed by atoms with Crippen molar-refractivity contribution in [2.75, 3.05) is 38.7 Å². The topological polar surface area (TPSA) is 36.4 Å². The van der Waals surface area contributed by atoms with Crippen molar-refractivity contribution in [3.05, 3.63) is 41.0 Å². The summed E-state index contributed by atoms with van der Waals surface area (Å²) in [6.45, 7) is 2.80. The molecule has 2 heterocycles. The number of hydrogen-bond acceptors (Lipinski definition) is 6. The zero-order valence-electron chi connectivity index (χ0n) is 15.5. The SMILES string of the molecule is CSc1nsc(SC)c1C(=O)N1CCN(Cc2cccc(C(F)(F)F)c2)CC1. The molecule has 0 spiro atoms. The zero-order chi connectivity index (χ0) is 20.3. The lowest BCUT2D eigenvalue weighted by molar-refractivity contribution is -0.137. The van der Waals surface area contributed by atoms with E-state index in [1.807, 2.05) is 17.4 Å². The Balaban J connectivity index is 1.62. The summed E-state index contributed by atoms with van der Waals surface area (Å²) in [6.07, 6.45) is -0.496. The van der Waals surface area contributed by atoms with Crippen LogP contribution in [0.15, 0.2) is 33.5 Å². The molecule has 0 aliphatic carbocycles. The molecule has 0 saturated carbocycles. The van der Waals surface area contributed by atoms with Crippen LogP contribution in [0.4, 0.5) is 13.2 Å². The molecule has 1 fully saturated rings. The van der Waals surface area contributed by atoms with Gasteiger partial charge in [-0.25, -0.2) is 0 Å². The molecule has 1 aromatic carbocycles. The van der Waals surface area contributed by atoms with Crippen LogP contribution in [0, 0.1) is 0 Å². The summed E-state index contributed by atoms with van der Waals surface area (Å²) in [7, 11) is 0. The van der Waals surface area contributed by atoms with Gasteiger partial charge in [0.2, 0.25) is 0 Å². The average molecular weight is 448 g/mol. The summed E-state index contributed by atoms with van der Waals surface area (Å²) in [5.41, 5.74) is 0.681. The van der Waals surface area contributed by atoms with E-state index in [1.165, 1.54) is 47.2 Å². The Kier molecular flexibility index (Phi) is 6.95. The van der Waals surface area contributed by atoms with Gasteiger partial charge in [0.05, 0.1) is 15.3 Å². The highest BCUT2D eigenvalue weighted by molar-refractivity contribution is 8.01. The highest BCUT2D eigenvalue weighted by Crippen LogP contribution is 2.34. The van der Waals surface area contributed by atoms with Gasteiger partial charge in [0.25, 0.3) is 5.91 Å². The minimum Gasteiger partial charge on any atom is -0.336 e. The second-order valence-corrected chi connectivity index (χ2v) is 8.97. The first-order valence-corrected chi connectivity index (χ1v) is 11.8. The lowest BCUT2D eigenvalue weighted by Crippen LogP contribution is -2.48. The van der Waals surface area contributed by atoms with E-state index in [9.17, 15) is 18.0 Å². The van der Waals surface area contributed by atoms with Crippen LogP contribution in [0.3, 0.4) is 0 Å². The molecule has 1 saturated heterocycles. The number of alkyl halides is 3. The Morgan fingerprint density at radius 3 is 2.50 bits per heavy atom. The van der Waals surface area contributed by atoms with E-state index in [0.717, 1.165) is 15.3 Å². The van der Waals surface area contributed by atoms with Gasteiger partial charge >= 0.3 is 6.18 Å². The highest BCUT2D eigenvalue weighted by Gasteiger charge is 2.31. The number of aromatic nitrogens is 1. The minimum absolute atomic E-state index is 0.0128. The summed E-state index contributed by atoms with van der Waals surface area (Å²) in [5.74, 6) is -0.0128. The maximum absolute atomic E-state index is 13.0. The van der Waals surface area contributed by atoms with E-state index in [4.69, 9.17) is 0 Å². The Labute approximate surface area is 174 Å². The first-order valence-electron chi connectivity index (χ1n) is 8.59. The summed E-state index contributed by atoms with van der Waals surface area (Å²) in [4.78, 5) is 16.9. The Morgan fingerprint density at radius 1 is 1.18 bits per heavy atom. The molecule has 1 aliphatic heterocycles. The van der Waals surface area contributed by atoms with E-state index in [2.05, 4.69) is 9.27 Å². The normalized spacial score (nSPS) is 15.8. The third-order valence-corrected chi connectivity index (χ3v) is 7.28. The molecule has 0 atom stereocenters. The molecular formula is C18H20F3N3OS3. The van der Waals surface area contributed by atoms with Crippen molar-refractivity contribution >= 4 is 41.0 Å². The molecule has 1 amide bonds. The van der Waals surface area contributed by atoms with Crippen LogP contribution in [0.1, 0.15) is 21.5 Å². The largest absolute Gasteiger partial charge is 0.416 e. The van der Waals surface area contributed by atoms with Crippen molar-refractivity contribution in [1.82, 2.24) is 14.2 Å². The summed E-state index contributed by atoms with van der Waals surface area (Å²) in [6, 6.07) is 5.43. The summed E-state index contributed by atoms with van der Waals surface area (Å²) in [5, 5.41) is 0.755. The van der Waals surface area contributed by atoms with Crippen molar-refractivity contribution < 1.29 is 18.0 Å². The Bertz CT molecular complexity index is 811. The summed E-state index contributed by atoms with van der Waals surface area (Å²) >= 11 is 4.33. The Morgan fingerprint density at radius 2 is 1.89 bits per heavy atom. The molecule has 3 rings (SSSR count). The van der Waals surface area contributed by atoms with Gasteiger partial charge in [-0.1, -0.05) is 18.2 Å². The van der Waals surface area contributed by atoms with Gasteiger partial charge in [-0.15, -0.1) is 23.5 Å². The molecule has 0 N–H and O–H groups in total.